The third kappa shape index (κ3) is 2.24. The Labute approximate surface area is 97.8 Å². The molecule has 0 aromatic rings. The molecule has 1 saturated carbocycles. The fraction of sp³-hybridized carbons (Fsp3) is 0.923. The number of hydrogen-bond acceptors (Lipinski definition) is 2. The van der Waals surface area contributed by atoms with E-state index in [1.807, 2.05) is 0 Å². The van der Waals surface area contributed by atoms with Crippen LogP contribution in [-0.4, -0.2) is 34.6 Å². The van der Waals surface area contributed by atoms with Crippen LogP contribution in [0.1, 0.15) is 46.0 Å². The van der Waals surface area contributed by atoms with Crippen molar-refractivity contribution >= 4 is 5.97 Å². The Kier molecular flexibility index (Phi) is 3.53. The van der Waals surface area contributed by atoms with E-state index < -0.39 is 5.97 Å². The number of nitrogens with zero attached hydrogens (tertiary/aromatic N) is 1. The minimum Gasteiger partial charge on any atom is -0.480 e. The van der Waals surface area contributed by atoms with Crippen molar-refractivity contribution in [1.29, 1.82) is 0 Å². The molecule has 1 aliphatic heterocycles. The third-order valence-electron chi connectivity index (χ3n) is 4.42. The van der Waals surface area contributed by atoms with E-state index in [-0.39, 0.29) is 6.04 Å². The van der Waals surface area contributed by atoms with E-state index in [0.717, 1.165) is 25.3 Å². The van der Waals surface area contributed by atoms with Crippen molar-refractivity contribution in [2.45, 2.75) is 58.0 Å². The van der Waals surface area contributed by atoms with E-state index in [4.69, 9.17) is 0 Å². The molecule has 3 heteroatoms. The van der Waals surface area contributed by atoms with E-state index in [1.54, 1.807) is 0 Å². The van der Waals surface area contributed by atoms with E-state index in [0.29, 0.717) is 12.0 Å². The van der Waals surface area contributed by atoms with Gasteiger partial charge in [-0.15, -0.1) is 0 Å². The molecule has 0 aromatic carbocycles. The summed E-state index contributed by atoms with van der Waals surface area (Å²) in [7, 11) is 0. The first kappa shape index (κ1) is 11.9. The van der Waals surface area contributed by atoms with Crippen molar-refractivity contribution in [3.05, 3.63) is 0 Å². The minimum atomic E-state index is -0.622. The van der Waals surface area contributed by atoms with Crippen LogP contribution in [0.3, 0.4) is 0 Å². The van der Waals surface area contributed by atoms with Gasteiger partial charge < -0.3 is 5.11 Å². The first-order chi connectivity index (χ1) is 7.59. The number of aliphatic carboxylic acids is 1. The van der Waals surface area contributed by atoms with Crippen LogP contribution in [0.15, 0.2) is 0 Å². The van der Waals surface area contributed by atoms with Crippen LogP contribution in [0, 0.1) is 11.8 Å². The molecule has 0 bridgehead atoms. The maximum atomic E-state index is 11.2. The maximum absolute atomic E-state index is 11.2. The van der Waals surface area contributed by atoms with E-state index >= 15 is 0 Å². The van der Waals surface area contributed by atoms with Crippen LogP contribution >= 0.6 is 0 Å². The highest BCUT2D eigenvalue weighted by Gasteiger charge is 2.39. The van der Waals surface area contributed by atoms with Gasteiger partial charge in [0.2, 0.25) is 0 Å². The van der Waals surface area contributed by atoms with Crippen LogP contribution in [0.2, 0.25) is 0 Å². The number of carboxylic acid groups (broad SMARTS) is 1. The average Bonchev–Trinajstić information content (AvgIpc) is 2.70. The molecule has 16 heavy (non-hydrogen) atoms. The molecule has 0 radical (unpaired) electrons. The number of carbonyl (C=O) groups is 1. The Morgan fingerprint density at radius 3 is 2.69 bits per heavy atom. The van der Waals surface area contributed by atoms with Gasteiger partial charge >= 0.3 is 5.97 Å². The molecule has 3 nitrogen and oxygen atoms in total. The van der Waals surface area contributed by atoms with Gasteiger partial charge in [-0.1, -0.05) is 20.3 Å². The average molecular weight is 225 g/mol. The predicted octanol–water partition coefficient (Wildman–Crippen LogP) is 2.36. The lowest BCUT2D eigenvalue weighted by Gasteiger charge is -2.40. The zero-order valence-corrected chi connectivity index (χ0v) is 10.4. The molecule has 1 N–H and O–H groups in total. The van der Waals surface area contributed by atoms with E-state index in [2.05, 4.69) is 18.7 Å². The molecule has 2 fully saturated rings. The molecule has 2 rings (SSSR count). The van der Waals surface area contributed by atoms with Crippen LogP contribution in [-0.2, 0) is 4.79 Å². The quantitative estimate of drug-likeness (QED) is 0.784. The summed E-state index contributed by atoms with van der Waals surface area (Å²) in [6.07, 6.45) is 5.64. The van der Waals surface area contributed by atoms with E-state index in [9.17, 15) is 9.90 Å². The lowest BCUT2D eigenvalue weighted by atomic mass is 9.79. The summed E-state index contributed by atoms with van der Waals surface area (Å²) in [4.78, 5) is 13.5. The number of carboxylic acids is 1. The van der Waals surface area contributed by atoms with Crippen LogP contribution in [0.25, 0.3) is 0 Å². The van der Waals surface area contributed by atoms with Crippen molar-refractivity contribution in [2.75, 3.05) is 6.54 Å². The van der Waals surface area contributed by atoms with Gasteiger partial charge in [-0.3, -0.25) is 9.69 Å². The lowest BCUT2D eigenvalue weighted by Crippen LogP contribution is -2.48. The minimum absolute atomic E-state index is 0.210. The molecule has 1 aliphatic carbocycles. The summed E-state index contributed by atoms with van der Waals surface area (Å²) in [5.41, 5.74) is 0. The highest BCUT2D eigenvalue weighted by Crippen LogP contribution is 2.35. The smallest absolute Gasteiger partial charge is 0.320 e. The van der Waals surface area contributed by atoms with Gasteiger partial charge in [0.25, 0.3) is 0 Å². The van der Waals surface area contributed by atoms with E-state index in [1.165, 1.54) is 19.3 Å². The standard InChI is InChI=1S/C13H23NO2/c1-9-5-6-10(2)12(8-9)14-7-3-4-11(14)13(15)16/h9-12H,3-8H2,1-2H3,(H,15,16). The highest BCUT2D eigenvalue weighted by molar-refractivity contribution is 5.73. The number of likely N-dealkylation sites (tertiary alicyclic amines) is 1. The number of rotatable bonds is 2. The summed E-state index contributed by atoms with van der Waals surface area (Å²) in [5, 5.41) is 9.22. The Hall–Kier alpha value is -0.570. The maximum Gasteiger partial charge on any atom is 0.320 e. The van der Waals surface area contributed by atoms with Gasteiger partial charge in [-0.05, 0) is 44.1 Å². The Balaban J connectivity index is 2.07. The molecule has 0 spiro atoms. The fourth-order valence-corrected chi connectivity index (χ4v) is 3.42. The first-order valence-corrected chi connectivity index (χ1v) is 6.58. The zero-order chi connectivity index (χ0) is 11.7. The molecule has 0 aromatic heterocycles. The van der Waals surface area contributed by atoms with Crippen LogP contribution in [0.5, 0.6) is 0 Å². The van der Waals surface area contributed by atoms with Gasteiger partial charge in [-0.2, -0.15) is 0 Å². The molecular weight excluding hydrogens is 202 g/mol. The van der Waals surface area contributed by atoms with Crippen molar-refractivity contribution in [2.24, 2.45) is 11.8 Å². The summed E-state index contributed by atoms with van der Waals surface area (Å²) >= 11 is 0. The zero-order valence-electron chi connectivity index (χ0n) is 10.4. The van der Waals surface area contributed by atoms with Gasteiger partial charge in [0, 0.05) is 6.04 Å². The second-order valence-corrected chi connectivity index (χ2v) is 5.70. The second kappa shape index (κ2) is 4.74. The van der Waals surface area contributed by atoms with Crippen LogP contribution in [0.4, 0.5) is 0 Å². The Morgan fingerprint density at radius 1 is 1.25 bits per heavy atom. The monoisotopic (exact) mass is 225 g/mol. The van der Waals surface area contributed by atoms with Gasteiger partial charge in [-0.25, -0.2) is 0 Å². The van der Waals surface area contributed by atoms with Gasteiger partial charge in [0.1, 0.15) is 6.04 Å². The summed E-state index contributed by atoms with van der Waals surface area (Å²) in [6.45, 7) is 5.57. The number of hydrogen-bond donors (Lipinski definition) is 1. The summed E-state index contributed by atoms with van der Waals surface area (Å²) in [5.74, 6) is 0.801. The molecular formula is C13H23NO2. The SMILES string of the molecule is CC1CCC(C)C(N2CCCC2C(=O)O)C1. The molecule has 92 valence electrons. The van der Waals surface area contributed by atoms with Crippen molar-refractivity contribution in [1.82, 2.24) is 4.90 Å². The van der Waals surface area contributed by atoms with Crippen LogP contribution < -0.4 is 0 Å². The first-order valence-electron chi connectivity index (χ1n) is 6.58. The second-order valence-electron chi connectivity index (χ2n) is 5.70. The normalized spacial score (nSPS) is 41.1. The van der Waals surface area contributed by atoms with Gasteiger partial charge in [0.15, 0.2) is 0 Å². The highest BCUT2D eigenvalue weighted by atomic mass is 16.4. The van der Waals surface area contributed by atoms with Crippen molar-refractivity contribution in [3.63, 3.8) is 0 Å². The summed E-state index contributed by atoms with van der Waals surface area (Å²) < 4.78 is 0. The molecule has 1 heterocycles. The molecule has 4 atom stereocenters. The van der Waals surface area contributed by atoms with Crippen molar-refractivity contribution in [3.8, 4) is 0 Å². The topological polar surface area (TPSA) is 40.5 Å². The fourth-order valence-electron chi connectivity index (χ4n) is 3.42. The molecule has 0 amide bonds. The Morgan fingerprint density at radius 2 is 2.00 bits per heavy atom. The molecule has 1 saturated heterocycles. The third-order valence-corrected chi connectivity index (χ3v) is 4.42. The molecule has 4 unspecified atom stereocenters. The van der Waals surface area contributed by atoms with Gasteiger partial charge in [0.05, 0.1) is 0 Å². The summed E-state index contributed by atoms with van der Waals surface area (Å²) in [6, 6.07) is 0.296. The molecule has 2 aliphatic rings. The Bertz CT molecular complexity index is 267. The predicted molar refractivity (Wildman–Crippen MR) is 63.3 cm³/mol. The van der Waals surface area contributed by atoms with Crippen molar-refractivity contribution < 1.29 is 9.90 Å². The lowest BCUT2D eigenvalue weighted by molar-refractivity contribution is -0.143. The largest absolute Gasteiger partial charge is 0.480 e.